The third kappa shape index (κ3) is 6.21. The summed E-state index contributed by atoms with van der Waals surface area (Å²) in [5, 5.41) is 11.8. The third-order valence-corrected chi connectivity index (χ3v) is 13.1. The Balaban J connectivity index is 0.768. The number of fused-ring (bicyclic) bond motifs is 2. The average Bonchev–Trinajstić information content (AvgIpc) is 3.84. The molecule has 9 rings (SSSR count). The minimum Gasteiger partial charge on any atom is -0.371 e. The van der Waals surface area contributed by atoms with Crippen molar-refractivity contribution < 1.29 is 28.8 Å². The van der Waals surface area contributed by atoms with Crippen LogP contribution in [0.3, 0.4) is 0 Å². The van der Waals surface area contributed by atoms with Crippen LogP contribution in [-0.4, -0.2) is 95.0 Å². The van der Waals surface area contributed by atoms with E-state index < -0.39 is 29.7 Å². The van der Waals surface area contributed by atoms with Crippen molar-refractivity contribution in [3.05, 3.63) is 93.0 Å². The van der Waals surface area contributed by atoms with Crippen LogP contribution in [0.5, 0.6) is 0 Å². The number of carbonyl (C=O) groups excluding carboxylic acids is 6. The molecule has 1 unspecified atom stereocenters. The summed E-state index contributed by atoms with van der Waals surface area (Å²) in [7, 11) is 0. The van der Waals surface area contributed by atoms with Gasteiger partial charge in [-0.15, -0.1) is 0 Å². The Labute approximate surface area is 328 Å². The summed E-state index contributed by atoms with van der Waals surface area (Å²) < 4.78 is 0. The predicted molar refractivity (Wildman–Crippen MR) is 205 cm³/mol. The molecule has 4 saturated heterocycles. The van der Waals surface area contributed by atoms with Gasteiger partial charge in [0.1, 0.15) is 12.1 Å². The molecule has 0 aliphatic carbocycles. The Morgan fingerprint density at radius 3 is 2.07 bits per heavy atom. The first kappa shape index (κ1) is 36.1. The van der Waals surface area contributed by atoms with Crippen LogP contribution in [-0.2, 0) is 27.5 Å². The SMILES string of the molecule is N#Cc1ccc(N2CC3(CCN(C(=O)c4ccc(N5CCC(N6Cc7cc8c(cc7C6)C(=O)N(C6CCC(=O)NC6=O)C8=O)CC5)cc4)CC3)CC2=O)cc1Cl. The molecule has 3 aromatic rings. The van der Waals surface area contributed by atoms with E-state index in [0.29, 0.717) is 78.2 Å². The fraction of sp³-hybridized carbons (Fsp3) is 0.405. The Morgan fingerprint density at radius 1 is 0.821 bits per heavy atom. The third-order valence-electron chi connectivity index (χ3n) is 12.8. The van der Waals surface area contributed by atoms with Crippen LogP contribution < -0.4 is 15.1 Å². The molecule has 6 aliphatic heterocycles. The maximum absolute atomic E-state index is 13.6. The number of imide groups is 2. The molecule has 1 N–H and O–H groups in total. The number of rotatable bonds is 5. The maximum Gasteiger partial charge on any atom is 0.262 e. The molecule has 0 saturated carbocycles. The number of carbonyl (C=O) groups is 6. The molecule has 13 nitrogen and oxygen atoms in total. The van der Waals surface area contributed by atoms with Gasteiger partial charge in [-0.1, -0.05) is 11.6 Å². The van der Waals surface area contributed by atoms with Crippen LogP contribution in [0.25, 0.3) is 0 Å². The van der Waals surface area contributed by atoms with Gasteiger partial charge in [-0.3, -0.25) is 43.9 Å². The first-order valence-corrected chi connectivity index (χ1v) is 19.6. The second kappa shape index (κ2) is 13.9. The van der Waals surface area contributed by atoms with Crippen LogP contribution >= 0.6 is 11.6 Å². The maximum atomic E-state index is 13.6. The summed E-state index contributed by atoms with van der Waals surface area (Å²) >= 11 is 6.25. The van der Waals surface area contributed by atoms with Gasteiger partial charge in [0.05, 0.1) is 21.7 Å². The lowest BCUT2D eigenvalue weighted by atomic mass is 9.77. The number of nitrogens with one attached hydrogen (secondary N) is 1. The molecule has 0 bridgehead atoms. The Morgan fingerprint density at radius 2 is 1.46 bits per heavy atom. The molecule has 6 aliphatic rings. The molecule has 4 fully saturated rings. The average molecular weight is 774 g/mol. The smallest absolute Gasteiger partial charge is 0.262 e. The zero-order valence-electron chi connectivity index (χ0n) is 30.8. The number of likely N-dealkylation sites (tertiary alicyclic amines) is 1. The number of amides is 6. The number of halogens is 1. The minimum atomic E-state index is -0.974. The molecule has 6 amide bonds. The van der Waals surface area contributed by atoms with Crippen molar-refractivity contribution in [3.8, 4) is 6.07 Å². The van der Waals surface area contributed by atoms with E-state index in [0.717, 1.165) is 60.5 Å². The Hall–Kier alpha value is -5.58. The highest BCUT2D eigenvalue weighted by Gasteiger charge is 2.47. The van der Waals surface area contributed by atoms with Crippen LogP contribution in [0.15, 0.2) is 54.6 Å². The molecular weight excluding hydrogens is 734 g/mol. The first-order valence-electron chi connectivity index (χ1n) is 19.3. The van der Waals surface area contributed by atoms with E-state index in [1.807, 2.05) is 41.3 Å². The molecule has 1 atom stereocenters. The number of hydrogen-bond donors (Lipinski definition) is 1. The van der Waals surface area contributed by atoms with Gasteiger partial charge in [0.2, 0.25) is 17.7 Å². The summed E-state index contributed by atoms with van der Waals surface area (Å²) in [5.74, 6) is -1.93. The van der Waals surface area contributed by atoms with Gasteiger partial charge in [0, 0.05) is 87.0 Å². The Kier molecular flexibility index (Phi) is 8.93. The van der Waals surface area contributed by atoms with Crippen molar-refractivity contribution in [2.75, 3.05) is 42.5 Å². The van der Waals surface area contributed by atoms with Crippen LogP contribution in [0.1, 0.15) is 92.7 Å². The summed E-state index contributed by atoms with van der Waals surface area (Å²) in [6.45, 7) is 4.82. The van der Waals surface area contributed by atoms with E-state index in [-0.39, 0.29) is 30.1 Å². The largest absolute Gasteiger partial charge is 0.371 e. The fourth-order valence-electron chi connectivity index (χ4n) is 9.55. The quantitative estimate of drug-likeness (QED) is 0.375. The number of anilines is 2. The second-order valence-electron chi connectivity index (χ2n) is 16.0. The molecule has 56 heavy (non-hydrogen) atoms. The summed E-state index contributed by atoms with van der Waals surface area (Å²) in [6, 6.07) is 18.0. The number of nitrogens with zero attached hydrogens (tertiary/aromatic N) is 6. The van der Waals surface area contributed by atoms with Gasteiger partial charge >= 0.3 is 0 Å². The van der Waals surface area contributed by atoms with E-state index in [4.69, 9.17) is 11.6 Å². The van der Waals surface area contributed by atoms with Crippen molar-refractivity contribution >= 4 is 58.4 Å². The molecule has 286 valence electrons. The van der Waals surface area contributed by atoms with Crippen molar-refractivity contribution in [2.24, 2.45) is 5.41 Å². The lowest BCUT2D eigenvalue weighted by molar-refractivity contribution is -0.136. The summed E-state index contributed by atoms with van der Waals surface area (Å²) in [4.78, 5) is 86.8. The molecule has 0 radical (unpaired) electrons. The van der Waals surface area contributed by atoms with Gasteiger partial charge in [0.25, 0.3) is 17.7 Å². The van der Waals surface area contributed by atoms with Crippen LogP contribution in [0.4, 0.5) is 11.4 Å². The van der Waals surface area contributed by atoms with E-state index in [1.165, 1.54) is 0 Å². The highest BCUT2D eigenvalue weighted by molar-refractivity contribution is 6.32. The summed E-state index contributed by atoms with van der Waals surface area (Å²) in [6.07, 6.45) is 4.02. The standard InChI is InChI=1S/C42H40ClN7O6/c43-34-19-31(6-3-26(34)21-44)49-24-42(20-37(49)52)11-15-47(16-12-42)39(54)25-1-4-29(5-2-25)46-13-9-30(10-14-46)48-22-27-17-32-33(18-28(27)23-48)41(56)50(40(32)55)35-7-8-36(51)45-38(35)53/h1-6,17-19,30,35H,7-16,20,22-24H2,(H,45,51,53). The van der Waals surface area contributed by atoms with Gasteiger partial charge in [-0.25, -0.2) is 0 Å². The molecular formula is C42H40ClN7O6. The monoisotopic (exact) mass is 773 g/mol. The van der Waals surface area contributed by atoms with Crippen LogP contribution in [0, 0.1) is 16.7 Å². The van der Waals surface area contributed by atoms with Crippen molar-refractivity contribution in [3.63, 3.8) is 0 Å². The lowest BCUT2D eigenvalue weighted by Crippen LogP contribution is -2.54. The van der Waals surface area contributed by atoms with E-state index in [2.05, 4.69) is 21.2 Å². The van der Waals surface area contributed by atoms with E-state index >= 15 is 0 Å². The molecule has 3 aromatic carbocycles. The van der Waals surface area contributed by atoms with Gasteiger partial charge in [-0.2, -0.15) is 5.26 Å². The van der Waals surface area contributed by atoms with Crippen LogP contribution in [0.2, 0.25) is 5.02 Å². The highest BCUT2D eigenvalue weighted by Crippen LogP contribution is 2.43. The normalized spacial score (nSPS) is 22.5. The highest BCUT2D eigenvalue weighted by atomic mass is 35.5. The zero-order valence-corrected chi connectivity index (χ0v) is 31.5. The van der Waals surface area contributed by atoms with Gasteiger partial charge < -0.3 is 14.7 Å². The second-order valence-corrected chi connectivity index (χ2v) is 16.4. The predicted octanol–water partition coefficient (Wildman–Crippen LogP) is 4.26. The van der Waals surface area contributed by atoms with Gasteiger partial charge in [-0.05, 0) is 97.8 Å². The first-order chi connectivity index (χ1) is 27.0. The van der Waals surface area contributed by atoms with Gasteiger partial charge in [0.15, 0.2) is 0 Å². The van der Waals surface area contributed by atoms with Crippen molar-refractivity contribution in [1.82, 2.24) is 20.0 Å². The molecule has 14 heteroatoms. The molecule has 0 aromatic heterocycles. The number of piperidine rings is 3. The summed E-state index contributed by atoms with van der Waals surface area (Å²) in [5.41, 5.74) is 5.29. The zero-order chi connectivity index (χ0) is 38.9. The van der Waals surface area contributed by atoms with Crippen molar-refractivity contribution in [1.29, 1.82) is 5.26 Å². The van der Waals surface area contributed by atoms with E-state index in [9.17, 15) is 34.0 Å². The van der Waals surface area contributed by atoms with E-state index in [1.54, 1.807) is 23.1 Å². The Bertz CT molecular complexity index is 2210. The number of hydrogen-bond acceptors (Lipinski definition) is 9. The number of nitriles is 1. The molecule has 6 heterocycles. The fourth-order valence-corrected chi connectivity index (χ4v) is 9.77. The topological polar surface area (TPSA) is 154 Å². The lowest BCUT2D eigenvalue weighted by Gasteiger charge is -2.39. The molecule has 1 spiro atoms. The van der Waals surface area contributed by atoms with Crippen molar-refractivity contribution in [2.45, 2.75) is 70.1 Å². The minimum absolute atomic E-state index is 0.00295. The number of benzene rings is 3.